The number of hydroxylamine groups is 1. The lowest BCUT2D eigenvalue weighted by Crippen LogP contribution is -2.51. The molecule has 0 aromatic heterocycles. The first-order valence-corrected chi connectivity index (χ1v) is 8.93. The Kier molecular flexibility index (Phi) is 9.80. The zero-order chi connectivity index (χ0) is 20.7. The summed E-state index contributed by atoms with van der Waals surface area (Å²) in [4.78, 5) is 36.6. The molecule has 0 rings (SSSR count). The SMILES string of the molecule is CC(C)C[C@H](NC(=O)[C@@H](CC(C)C)[C@H](O)C(=O)NO)C(=O)OC(C)(C)C. The van der Waals surface area contributed by atoms with E-state index in [-0.39, 0.29) is 18.3 Å². The number of hydrogen-bond acceptors (Lipinski definition) is 6. The van der Waals surface area contributed by atoms with Crippen molar-refractivity contribution in [2.24, 2.45) is 17.8 Å². The predicted octanol–water partition coefficient (Wildman–Crippen LogP) is 1.39. The monoisotopic (exact) mass is 374 g/mol. The molecule has 26 heavy (non-hydrogen) atoms. The third-order valence-electron chi connectivity index (χ3n) is 3.54. The van der Waals surface area contributed by atoms with Gasteiger partial charge in [0.2, 0.25) is 5.91 Å². The van der Waals surface area contributed by atoms with Gasteiger partial charge in [0.25, 0.3) is 5.91 Å². The van der Waals surface area contributed by atoms with Gasteiger partial charge in [0.1, 0.15) is 17.7 Å². The molecule has 0 heterocycles. The molecule has 4 N–H and O–H groups in total. The smallest absolute Gasteiger partial charge is 0.329 e. The minimum absolute atomic E-state index is 0.0111. The molecule has 0 unspecified atom stereocenters. The topological polar surface area (TPSA) is 125 Å². The van der Waals surface area contributed by atoms with Crippen molar-refractivity contribution in [3.8, 4) is 0 Å². The van der Waals surface area contributed by atoms with Gasteiger partial charge in [-0.05, 0) is 45.4 Å². The molecule has 8 heteroatoms. The van der Waals surface area contributed by atoms with Gasteiger partial charge in [-0.2, -0.15) is 0 Å². The summed E-state index contributed by atoms with van der Waals surface area (Å²) in [6.45, 7) is 12.7. The van der Waals surface area contributed by atoms with Crippen molar-refractivity contribution in [2.75, 3.05) is 0 Å². The van der Waals surface area contributed by atoms with E-state index in [0.717, 1.165) is 0 Å². The number of carbonyl (C=O) groups is 3. The van der Waals surface area contributed by atoms with E-state index in [1.165, 1.54) is 5.48 Å². The molecule has 8 nitrogen and oxygen atoms in total. The van der Waals surface area contributed by atoms with Gasteiger partial charge in [0.15, 0.2) is 0 Å². The maximum atomic E-state index is 12.7. The first-order valence-electron chi connectivity index (χ1n) is 8.93. The minimum atomic E-state index is -1.72. The van der Waals surface area contributed by atoms with Crippen molar-refractivity contribution >= 4 is 17.8 Å². The number of hydrogen-bond donors (Lipinski definition) is 4. The van der Waals surface area contributed by atoms with Gasteiger partial charge in [0.05, 0.1) is 5.92 Å². The molecule has 152 valence electrons. The van der Waals surface area contributed by atoms with Crippen LogP contribution in [0, 0.1) is 17.8 Å². The summed E-state index contributed by atoms with van der Waals surface area (Å²) in [7, 11) is 0. The van der Waals surface area contributed by atoms with Crippen LogP contribution in [0.4, 0.5) is 0 Å². The average Bonchev–Trinajstić information content (AvgIpc) is 2.47. The molecule has 0 bridgehead atoms. The molecule has 3 atom stereocenters. The highest BCUT2D eigenvalue weighted by atomic mass is 16.6. The molecule has 2 amide bonds. The molecule has 0 radical (unpaired) electrons. The summed E-state index contributed by atoms with van der Waals surface area (Å²) in [5.74, 6) is -3.24. The number of carbonyl (C=O) groups excluding carboxylic acids is 3. The number of rotatable bonds is 9. The van der Waals surface area contributed by atoms with Gasteiger partial charge in [-0.15, -0.1) is 0 Å². The van der Waals surface area contributed by atoms with E-state index in [2.05, 4.69) is 5.32 Å². The van der Waals surface area contributed by atoms with Gasteiger partial charge in [0, 0.05) is 0 Å². The maximum absolute atomic E-state index is 12.7. The Labute approximate surface area is 155 Å². The summed E-state index contributed by atoms with van der Waals surface area (Å²) >= 11 is 0. The maximum Gasteiger partial charge on any atom is 0.329 e. The fourth-order valence-corrected chi connectivity index (χ4v) is 2.47. The molecular weight excluding hydrogens is 340 g/mol. The number of aliphatic hydroxyl groups is 1. The Bertz CT molecular complexity index is 485. The Morgan fingerprint density at radius 1 is 0.962 bits per heavy atom. The normalized spacial score (nSPS) is 15.3. The first-order chi connectivity index (χ1) is 11.8. The third-order valence-corrected chi connectivity index (χ3v) is 3.54. The Hall–Kier alpha value is -1.67. The average molecular weight is 374 g/mol. The van der Waals surface area contributed by atoms with Crippen molar-refractivity contribution in [1.82, 2.24) is 10.8 Å². The fraction of sp³-hybridized carbons (Fsp3) is 0.833. The Morgan fingerprint density at radius 2 is 1.46 bits per heavy atom. The number of esters is 1. The third kappa shape index (κ3) is 9.15. The van der Waals surface area contributed by atoms with Crippen LogP contribution in [0.2, 0.25) is 0 Å². The second kappa shape index (κ2) is 10.5. The molecule has 0 aliphatic carbocycles. The zero-order valence-corrected chi connectivity index (χ0v) is 16.8. The van der Waals surface area contributed by atoms with Crippen LogP contribution in [-0.4, -0.2) is 45.8 Å². The van der Waals surface area contributed by atoms with E-state index in [1.807, 2.05) is 27.7 Å². The van der Waals surface area contributed by atoms with Gasteiger partial charge in [-0.3, -0.25) is 14.8 Å². The van der Waals surface area contributed by atoms with E-state index in [9.17, 15) is 19.5 Å². The number of amides is 2. The first kappa shape index (κ1) is 24.3. The van der Waals surface area contributed by atoms with Crippen LogP contribution >= 0.6 is 0 Å². The van der Waals surface area contributed by atoms with E-state index in [0.29, 0.717) is 6.42 Å². The van der Waals surface area contributed by atoms with Gasteiger partial charge in [-0.25, -0.2) is 10.3 Å². The number of aliphatic hydroxyl groups excluding tert-OH is 1. The number of nitrogens with one attached hydrogen (secondary N) is 2. The molecule has 0 spiro atoms. The summed E-state index contributed by atoms with van der Waals surface area (Å²) < 4.78 is 5.36. The minimum Gasteiger partial charge on any atom is -0.458 e. The van der Waals surface area contributed by atoms with Crippen LogP contribution < -0.4 is 10.8 Å². The van der Waals surface area contributed by atoms with Gasteiger partial charge in [-0.1, -0.05) is 27.7 Å². The zero-order valence-electron chi connectivity index (χ0n) is 16.8. The second-order valence-corrected chi connectivity index (χ2v) is 8.38. The summed E-state index contributed by atoms with van der Waals surface area (Å²) in [5, 5.41) is 21.4. The van der Waals surface area contributed by atoms with Crippen molar-refractivity contribution < 1.29 is 29.4 Å². The summed E-state index contributed by atoms with van der Waals surface area (Å²) in [6.07, 6.45) is -1.15. The van der Waals surface area contributed by atoms with Crippen LogP contribution in [0.25, 0.3) is 0 Å². The quantitative estimate of drug-likeness (QED) is 0.275. The van der Waals surface area contributed by atoms with Crippen LogP contribution in [0.15, 0.2) is 0 Å². The van der Waals surface area contributed by atoms with E-state index in [1.54, 1.807) is 20.8 Å². The molecule has 0 aromatic carbocycles. The largest absolute Gasteiger partial charge is 0.458 e. The van der Waals surface area contributed by atoms with Gasteiger partial charge < -0.3 is 15.2 Å². The van der Waals surface area contributed by atoms with Crippen molar-refractivity contribution in [1.29, 1.82) is 0 Å². The van der Waals surface area contributed by atoms with Crippen LogP contribution in [0.3, 0.4) is 0 Å². The molecule has 0 aliphatic heterocycles. The predicted molar refractivity (Wildman–Crippen MR) is 96.1 cm³/mol. The lowest BCUT2D eigenvalue weighted by Gasteiger charge is -2.28. The molecule has 0 saturated heterocycles. The van der Waals surface area contributed by atoms with E-state index in [4.69, 9.17) is 9.94 Å². The highest BCUT2D eigenvalue weighted by Crippen LogP contribution is 2.19. The highest BCUT2D eigenvalue weighted by Gasteiger charge is 2.35. The van der Waals surface area contributed by atoms with Gasteiger partial charge >= 0.3 is 5.97 Å². The molecule has 0 fully saturated rings. The van der Waals surface area contributed by atoms with Crippen LogP contribution in [0.5, 0.6) is 0 Å². The Balaban J connectivity index is 5.37. The molecule has 0 aromatic rings. The van der Waals surface area contributed by atoms with E-state index >= 15 is 0 Å². The van der Waals surface area contributed by atoms with Crippen LogP contribution in [0.1, 0.15) is 61.3 Å². The number of ether oxygens (including phenoxy) is 1. The lowest BCUT2D eigenvalue weighted by molar-refractivity contribution is -0.160. The summed E-state index contributed by atoms with van der Waals surface area (Å²) in [5.41, 5.74) is 0.648. The molecule has 0 saturated carbocycles. The van der Waals surface area contributed by atoms with Crippen LogP contribution in [-0.2, 0) is 19.1 Å². The molecular formula is C18H34N2O6. The highest BCUT2D eigenvalue weighted by molar-refractivity contribution is 5.91. The van der Waals surface area contributed by atoms with Crippen molar-refractivity contribution in [3.63, 3.8) is 0 Å². The second-order valence-electron chi connectivity index (χ2n) is 8.38. The molecule has 0 aliphatic rings. The Morgan fingerprint density at radius 3 is 1.85 bits per heavy atom. The standard InChI is InChI=1S/C18H34N2O6/c1-10(2)8-12(14(21)16(23)20-25)15(22)19-13(9-11(3)4)17(24)26-18(5,6)7/h10-14,21,25H,8-9H2,1-7H3,(H,19,22)(H,20,23)/t12-,13-,14-/m0/s1. The lowest BCUT2D eigenvalue weighted by atomic mass is 9.90. The van der Waals surface area contributed by atoms with Crippen molar-refractivity contribution in [3.05, 3.63) is 0 Å². The van der Waals surface area contributed by atoms with E-state index < -0.39 is 41.4 Å². The summed E-state index contributed by atoms with van der Waals surface area (Å²) in [6, 6.07) is -0.888. The van der Waals surface area contributed by atoms with Crippen molar-refractivity contribution in [2.45, 2.75) is 79.1 Å². The fourth-order valence-electron chi connectivity index (χ4n) is 2.47.